The molecule has 1 aliphatic heterocycles. The lowest BCUT2D eigenvalue weighted by molar-refractivity contribution is 0.0237. The molecule has 1 atom stereocenters. The normalized spacial score (nSPS) is 14.7. The molecule has 0 spiro atoms. The third-order valence-electron chi connectivity index (χ3n) is 7.57. The number of pyridine rings is 1. The number of furan rings is 1. The van der Waals surface area contributed by atoms with Crippen LogP contribution in [0.4, 0.5) is 0 Å². The van der Waals surface area contributed by atoms with Crippen molar-refractivity contribution in [2.24, 2.45) is 0 Å². The maximum absolute atomic E-state index is 13.3. The first kappa shape index (κ1) is 28.0. The summed E-state index contributed by atoms with van der Waals surface area (Å²) in [5.41, 5.74) is 3.22. The van der Waals surface area contributed by atoms with E-state index in [1.165, 1.54) is 0 Å². The largest absolute Gasteiger partial charge is 0.507 e. The Morgan fingerprint density at radius 3 is 2.57 bits per heavy atom. The van der Waals surface area contributed by atoms with Crippen LogP contribution in [0.1, 0.15) is 45.8 Å². The van der Waals surface area contributed by atoms with E-state index in [1.54, 1.807) is 20.0 Å². The summed E-state index contributed by atoms with van der Waals surface area (Å²) in [7, 11) is 0. The van der Waals surface area contributed by atoms with E-state index in [2.05, 4.69) is 9.88 Å². The second-order valence-corrected chi connectivity index (χ2v) is 10.6. The highest BCUT2D eigenvalue weighted by molar-refractivity contribution is 6.30. The van der Waals surface area contributed by atoms with Crippen molar-refractivity contribution in [1.82, 2.24) is 9.88 Å². The number of aromatic nitrogens is 1. The maximum Gasteiger partial charge on any atom is 0.342 e. The van der Waals surface area contributed by atoms with Gasteiger partial charge in [-0.2, -0.15) is 0 Å². The smallest absolute Gasteiger partial charge is 0.342 e. The number of hydrogen-bond acceptors (Lipinski definition) is 8. The fourth-order valence-corrected chi connectivity index (χ4v) is 5.79. The van der Waals surface area contributed by atoms with Crippen LogP contribution in [0.3, 0.4) is 0 Å². The van der Waals surface area contributed by atoms with Crippen LogP contribution in [0.2, 0.25) is 5.02 Å². The lowest BCUT2D eigenvalue weighted by atomic mass is 9.89. The molecule has 0 aliphatic carbocycles. The summed E-state index contributed by atoms with van der Waals surface area (Å²) in [5, 5.41) is 14.5. The summed E-state index contributed by atoms with van der Waals surface area (Å²) in [5.74, 6) is 0.461. The van der Waals surface area contributed by atoms with Gasteiger partial charge in [0, 0.05) is 52.1 Å². The van der Waals surface area contributed by atoms with E-state index in [1.807, 2.05) is 60.7 Å². The number of ether oxygens (including phenoxy) is 3. The van der Waals surface area contributed by atoms with E-state index in [-0.39, 0.29) is 12.4 Å². The number of nitrogens with zero attached hydrogens (tertiary/aromatic N) is 2. The zero-order valence-corrected chi connectivity index (χ0v) is 24.2. The van der Waals surface area contributed by atoms with E-state index in [0.717, 1.165) is 16.5 Å². The molecular weight excluding hydrogens is 556 g/mol. The quantitative estimate of drug-likeness (QED) is 0.198. The number of carbonyl (C=O) groups is 1. The first-order valence-electron chi connectivity index (χ1n) is 13.9. The Morgan fingerprint density at radius 2 is 1.83 bits per heavy atom. The van der Waals surface area contributed by atoms with E-state index in [4.69, 9.17) is 30.2 Å². The van der Waals surface area contributed by atoms with E-state index in [9.17, 15) is 9.90 Å². The molecule has 6 rings (SSSR count). The number of aromatic hydroxyl groups is 1. The van der Waals surface area contributed by atoms with Gasteiger partial charge in [-0.1, -0.05) is 48.0 Å². The maximum atomic E-state index is 13.3. The predicted octanol–water partition coefficient (Wildman–Crippen LogP) is 6.83. The van der Waals surface area contributed by atoms with Gasteiger partial charge in [0.05, 0.1) is 25.9 Å². The van der Waals surface area contributed by atoms with Crippen LogP contribution in [-0.4, -0.2) is 53.9 Å². The van der Waals surface area contributed by atoms with Gasteiger partial charge in [0.25, 0.3) is 0 Å². The molecule has 42 heavy (non-hydrogen) atoms. The Morgan fingerprint density at radius 1 is 1.10 bits per heavy atom. The molecule has 0 radical (unpaired) electrons. The summed E-state index contributed by atoms with van der Waals surface area (Å²) in [4.78, 5) is 20.0. The van der Waals surface area contributed by atoms with Gasteiger partial charge in [-0.3, -0.25) is 4.90 Å². The number of phenolic OH excluding ortho intramolecular Hbond substituents is 1. The monoisotopic (exact) mass is 586 g/mol. The van der Waals surface area contributed by atoms with Gasteiger partial charge in [0.15, 0.2) is 0 Å². The lowest BCUT2D eigenvalue weighted by Crippen LogP contribution is -2.39. The Balaban J connectivity index is 1.54. The Kier molecular flexibility index (Phi) is 8.02. The fourth-order valence-electron chi connectivity index (χ4n) is 5.67. The fraction of sp³-hybridized carbons (Fsp3) is 0.273. The van der Waals surface area contributed by atoms with Crippen molar-refractivity contribution >= 4 is 39.3 Å². The molecule has 1 fully saturated rings. The lowest BCUT2D eigenvalue weighted by Gasteiger charge is -2.36. The molecule has 0 bridgehead atoms. The zero-order valence-electron chi connectivity index (χ0n) is 23.4. The molecule has 3 aromatic carbocycles. The van der Waals surface area contributed by atoms with Crippen molar-refractivity contribution in [2.75, 3.05) is 32.9 Å². The number of esters is 1. The molecular formula is C33H31ClN2O6. The molecule has 5 aromatic rings. The predicted molar refractivity (Wildman–Crippen MR) is 160 cm³/mol. The average Bonchev–Trinajstić information content (AvgIpc) is 3.36. The number of morpholine rings is 1. The summed E-state index contributed by atoms with van der Waals surface area (Å²) < 4.78 is 23.5. The van der Waals surface area contributed by atoms with Gasteiger partial charge < -0.3 is 23.7 Å². The van der Waals surface area contributed by atoms with E-state index < -0.39 is 12.0 Å². The second kappa shape index (κ2) is 12.0. The van der Waals surface area contributed by atoms with Crippen LogP contribution in [0.25, 0.3) is 21.7 Å². The molecule has 216 valence electrons. The third kappa shape index (κ3) is 5.29. The molecule has 2 aromatic heterocycles. The molecule has 1 saturated heterocycles. The Bertz CT molecular complexity index is 1740. The minimum atomic E-state index is -0.493. The molecule has 1 aliphatic rings. The van der Waals surface area contributed by atoms with Gasteiger partial charge in [-0.05, 0) is 43.2 Å². The van der Waals surface area contributed by atoms with E-state index in [0.29, 0.717) is 77.1 Å². The number of rotatable bonds is 8. The van der Waals surface area contributed by atoms with Crippen LogP contribution >= 0.6 is 11.6 Å². The zero-order chi connectivity index (χ0) is 29.2. The van der Waals surface area contributed by atoms with Crippen LogP contribution < -0.4 is 4.74 Å². The summed E-state index contributed by atoms with van der Waals surface area (Å²) >= 11 is 6.03. The van der Waals surface area contributed by atoms with Gasteiger partial charge in [0.2, 0.25) is 5.88 Å². The highest BCUT2D eigenvalue weighted by atomic mass is 35.5. The molecule has 0 saturated carbocycles. The standard InChI is InChI=1S/C33H31ClN2O6/c1-3-40-33(38)27-20(2)42-32-25-7-5-4-6-24(25)31(37)29(28(27)32)30(36-14-16-39-17-15-36)22-12-13-35-26(18-22)41-19-21-8-10-23(34)11-9-21/h4-13,18,30,37H,3,14-17,19H2,1-2H3. The van der Waals surface area contributed by atoms with Gasteiger partial charge in [-0.25, -0.2) is 9.78 Å². The molecule has 8 nitrogen and oxygen atoms in total. The van der Waals surface area contributed by atoms with Crippen molar-refractivity contribution in [3.8, 4) is 11.6 Å². The minimum absolute atomic E-state index is 0.0846. The molecule has 1 unspecified atom stereocenters. The highest BCUT2D eigenvalue weighted by Gasteiger charge is 2.34. The summed E-state index contributed by atoms with van der Waals surface area (Å²) in [6, 6.07) is 18.3. The Hall–Kier alpha value is -4.11. The van der Waals surface area contributed by atoms with E-state index >= 15 is 0 Å². The highest BCUT2D eigenvalue weighted by Crippen LogP contribution is 2.47. The first-order valence-corrected chi connectivity index (χ1v) is 14.3. The van der Waals surface area contributed by atoms with Gasteiger partial charge in [0.1, 0.15) is 29.3 Å². The first-order chi connectivity index (χ1) is 20.5. The SMILES string of the molecule is CCOC(=O)c1c(C)oc2c1c(C(c1ccnc(OCc3ccc(Cl)cc3)c1)N1CCOCC1)c(O)c1ccccc12. The van der Waals surface area contributed by atoms with Crippen LogP contribution in [0.5, 0.6) is 11.6 Å². The number of aryl methyl sites for hydroxylation is 1. The van der Waals surface area contributed by atoms with Crippen molar-refractivity contribution in [1.29, 1.82) is 0 Å². The Labute approximate surface area is 248 Å². The van der Waals surface area contributed by atoms with Crippen molar-refractivity contribution in [3.05, 3.63) is 99.9 Å². The van der Waals surface area contributed by atoms with Crippen LogP contribution in [0.15, 0.2) is 71.3 Å². The van der Waals surface area contributed by atoms with Gasteiger partial charge in [-0.15, -0.1) is 0 Å². The molecule has 0 amide bonds. The second-order valence-electron chi connectivity index (χ2n) is 10.2. The molecule has 9 heteroatoms. The summed E-state index contributed by atoms with van der Waals surface area (Å²) in [6.07, 6.45) is 1.70. The number of phenols is 1. The molecule has 3 heterocycles. The van der Waals surface area contributed by atoms with Crippen molar-refractivity contribution in [2.45, 2.75) is 26.5 Å². The van der Waals surface area contributed by atoms with Gasteiger partial charge >= 0.3 is 5.97 Å². The number of fused-ring (bicyclic) bond motifs is 3. The number of benzene rings is 3. The average molecular weight is 587 g/mol. The third-order valence-corrected chi connectivity index (χ3v) is 7.83. The van der Waals surface area contributed by atoms with Crippen molar-refractivity contribution < 1.29 is 28.5 Å². The minimum Gasteiger partial charge on any atom is -0.507 e. The number of carbonyl (C=O) groups excluding carboxylic acids is 1. The topological polar surface area (TPSA) is 94.3 Å². The summed E-state index contributed by atoms with van der Waals surface area (Å²) in [6.45, 7) is 6.35. The van der Waals surface area contributed by atoms with Crippen LogP contribution in [0, 0.1) is 6.92 Å². The van der Waals surface area contributed by atoms with Crippen molar-refractivity contribution in [3.63, 3.8) is 0 Å². The van der Waals surface area contributed by atoms with Crippen LogP contribution in [-0.2, 0) is 16.1 Å². The molecule has 1 N–H and O–H groups in total. The number of halogens is 1. The number of hydrogen-bond donors (Lipinski definition) is 1.